The van der Waals surface area contributed by atoms with Crippen LogP contribution in [0.15, 0.2) is 24.3 Å². The van der Waals surface area contributed by atoms with Crippen molar-refractivity contribution in [2.75, 3.05) is 13.2 Å². The fraction of sp³-hybridized carbons (Fsp3) is 0.571. The van der Waals surface area contributed by atoms with Crippen LogP contribution >= 0.6 is 0 Å². The van der Waals surface area contributed by atoms with E-state index in [1.54, 1.807) is 24.3 Å². The first-order chi connectivity index (χ1) is 9.13. The lowest BCUT2D eigenvalue weighted by atomic mass is 10.1. The summed E-state index contributed by atoms with van der Waals surface area (Å²) >= 11 is 0. The van der Waals surface area contributed by atoms with Crippen molar-refractivity contribution in [3.8, 4) is 5.75 Å². The van der Waals surface area contributed by atoms with Gasteiger partial charge in [-0.15, -0.1) is 0 Å². The minimum Gasteiger partial charge on any atom is -0.435 e. The normalized spacial score (nSPS) is 12.7. The third-order valence-corrected chi connectivity index (χ3v) is 2.89. The van der Waals surface area contributed by atoms with Crippen LogP contribution in [0.2, 0.25) is 0 Å². The molecule has 1 aromatic rings. The summed E-state index contributed by atoms with van der Waals surface area (Å²) in [5, 5.41) is 12.0. The second kappa shape index (κ2) is 8.82. The van der Waals surface area contributed by atoms with E-state index < -0.39 is 6.61 Å². The van der Waals surface area contributed by atoms with Gasteiger partial charge in [0.25, 0.3) is 0 Å². The van der Waals surface area contributed by atoms with Crippen LogP contribution in [0.5, 0.6) is 5.75 Å². The molecule has 0 aromatic heterocycles. The molecule has 0 heterocycles. The average molecular weight is 273 g/mol. The van der Waals surface area contributed by atoms with E-state index in [-0.39, 0.29) is 18.4 Å². The largest absolute Gasteiger partial charge is 0.435 e. The Hall–Kier alpha value is -1.20. The molecule has 0 amide bonds. The van der Waals surface area contributed by atoms with Gasteiger partial charge in [-0.2, -0.15) is 8.78 Å². The molecule has 0 spiro atoms. The first-order valence-corrected chi connectivity index (χ1v) is 6.52. The average Bonchev–Trinajstić information content (AvgIpc) is 2.38. The number of hydrogen-bond acceptors (Lipinski definition) is 3. The van der Waals surface area contributed by atoms with Crippen LogP contribution in [0, 0.1) is 0 Å². The van der Waals surface area contributed by atoms with E-state index in [0.717, 1.165) is 31.4 Å². The van der Waals surface area contributed by atoms with Gasteiger partial charge in [0.1, 0.15) is 5.75 Å². The van der Waals surface area contributed by atoms with Crippen molar-refractivity contribution < 1.29 is 18.6 Å². The van der Waals surface area contributed by atoms with Gasteiger partial charge in [0.15, 0.2) is 0 Å². The summed E-state index contributed by atoms with van der Waals surface area (Å²) in [7, 11) is 0. The van der Waals surface area contributed by atoms with Gasteiger partial charge in [0.05, 0.1) is 0 Å². The highest BCUT2D eigenvalue weighted by Gasteiger charge is 2.07. The lowest BCUT2D eigenvalue weighted by Crippen LogP contribution is -2.19. The molecule has 0 aliphatic carbocycles. The number of rotatable bonds is 9. The molecule has 3 nitrogen and oxygen atoms in total. The van der Waals surface area contributed by atoms with E-state index >= 15 is 0 Å². The van der Waals surface area contributed by atoms with Crippen molar-refractivity contribution in [3.63, 3.8) is 0 Å². The zero-order chi connectivity index (χ0) is 14.1. The fourth-order valence-electron chi connectivity index (χ4n) is 1.79. The Balaban J connectivity index is 2.33. The Morgan fingerprint density at radius 1 is 1.16 bits per heavy atom. The molecule has 0 radical (unpaired) electrons. The van der Waals surface area contributed by atoms with Crippen molar-refractivity contribution in [3.05, 3.63) is 29.8 Å². The fourth-order valence-corrected chi connectivity index (χ4v) is 1.79. The van der Waals surface area contributed by atoms with Crippen molar-refractivity contribution in [2.24, 2.45) is 0 Å². The molecule has 0 fully saturated rings. The van der Waals surface area contributed by atoms with Crippen molar-refractivity contribution >= 4 is 0 Å². The standard InChI is InChI=1S/C14H21F2NO2/c1-11(17-9-3-2-4-10-18)12-5-7-13(8-6-12)19-14(15)16/h5-8,11,14,17-18H,2-4,9-10H2,1H3. The van der Waals surface area contributed by atoms with Gasteiger partial charge in [-0.3, -0.25) is 0 Å². The first-order valence-electron chi connectivity index (χ1n) is 6.52. The van der Waals surface area contributed by atoms with E-state index in [1.807, 2.05) is 6.92 Å². The van der Waals surface area contributed by atoms with E-state index in [4.69, 9.17) is 5.11 Å². The van der Waals surface area contributed by atoms with Gasteiger partial charge in [0, 0.05) is 12.6 Å². The van der Waals surface area contributed by atoms with Gasteiger partial charge in [-0.25, -0.2) is 0 Å². The van der Waals surface area contributed by atoms with Crippen LogP contribution in [-0.2, 0) is 0 Å². The van der Waals surface area contributed by atoms with Crippen molar-refractivity contribution in [1.29, 1.82) is 0 Å². The number of ether oxygens (including phenoxy) is 1. The quantitative estimate of drug-likeness (QED) is 0.679. The van der Waals surface area contributed by atoms with Crippen molar-refractivity contribution in [2.45, 2.75) is 38.8 Å². The Labute approximate surface area is 112 Å². The molecule has 5 heteroatoms. The molecule has 0 saturated heterocycles. The maximum absolute atomic E-state index is 12.0. The summed E-state index contributed by atoms with van der Waals surface area (Å²) in [6, 6.07) is 6.82. The molecule has 19 heavy (non-hydrogen) atoms. The van der Waals surface area contributed by atoms with Gasteiger partial charge in [-0.05, 0) is 50.4 Å². The molecular weight excluding hydrogens is 252 g/mol. The molecule has 2 N–H and O–H groups in total. The van der Waals surface area contributed by atoms with Crippen LogP contribution in [0.4, 0.5) is 8.78 Å². The lowest BCUT2D eigenvalue weighted by Gasteiger charge is -2.14. The molecule has 1 aromatic carbocycles. The molecule has 0 aliphatic rings. The maximum atomic E-state index is 12.0. The van der Waals surface area contributed by atoms with Gasteiger partial charge in [-0.1, -0.05) is 12.1 Å². The van der Waals surface area contributed by atoms with E-state index in [2.05, 4.69) is 10.1 Å². The van der Waals surface area contributed by atoms with Crippen molar-refractivity contribution in [1.82, 2.24) is 5.32 Å². The zero-order valence-corrected chi connectivity index (χ0v) is 11.1. The van der Waals surface area contributed by atoms with Gasteiger partial charge >= 0.3 is 6.61 Å². The highest BCUT2D eigenvalue weighted by atomic mass is 19.3. The van der Waals surface area contributed by atoms with Crippen LogP contribution in [0.1, 0.15) is 37.8 Å². The summed E-state index contributed by atoms with van der Waals surface area (Å²) in [6.45, 7) is 0.347. The molecule has 0 bridgehead atoms. The highest BCUT2D eigenvalue weighted by Crippen LogP contribution is 2.19. The number of unbranched alkanes of at least 4 members (excludes halogenated alkanes) is 2. The molecule has 1 rings (SSSR count). The predicted octanol–water partition coefficient (Wildman–Crippen LogP) is 3.10. The number of alkyl halides is 2. The number of nitrogens with one attached hydrogen (secondary N) is 1. The van der Waals surface area contributed by atoms with Gasteiger partial charge < -0.3 is 15.2 Å². The minimum absolute atomic E-state index is 0.162. The number of aliphatic hydroxyl groups excluding tert-OH is 1. The van der Waals surface area contributed by atoms with E-state index in [9.17, 15) is 8.78 Å². The third-order valence-electron chi connectivity index (χ3n) is 2.89. The summed E-state index contributed by atoms with van der Waals surface area (Å²) in [4.78, 5) is 0. The predicted molar refractivity (Wildman–Crippen MR) is 70.4 cm³/mol. The van der Waals surface area contributed by atoms with Crippen LogP contribution < -0.4 is 10.1 Å². The van der Waals surface area contributed by atoms with E-state index in [1.165, 1.54) is 0 Å². The zero-order valence-electron chi connectivity index (χ0n) is 11.1. The Morgan fingerprint density at radius 3 is 2.42 bits per heavy atom. The Kier molecular flexibility index (Phi) is 7.36. The monoisotopic (exact) mass is 273 g/mol. The highest BCUT2D eigenvalue weighted by molar-refractivity contribution is 5.28. The minimum atomic E-state index is -2.78. The SMILES string of the molecule is CC(NCCCCCO)c1ccc(OC(F)F)cc1. The number of halogens is 2. The molecule has 1 unspecified atom stereocenters. The van der Waals surface area contributed by atoms with Crippen LogP contribution in [0.25, 0.3) is 0 Å². The molecular formula is C14H21F2NO2. The van der Waals surface area contributed by atoms with Crippen LogP contribution in [0.3, 0.4) is 0 Å². The maximum Gasteiger partial charge on any atom is 0.387 e. The summed E-state index contributed by atoms with van der Waals surface area (Å²) < 4.78 is 28.3. The number of aliphatic hydroxyl groups is 1. The summed E-state index contributed by atoms with van der Waals surface area (Å²) in [5.41, 5.74) is 1.03. The molecule has 1 atom stereocenters. The topological polar surface area (TPSA) is 41.5 Å². The second-order valence-corrected chi connectivity index (χ2v) is 4.41. The molecule has 0 saturated carbocycles. The summed E-state index contributed by atoms with van der Waals surface area (Å²) in [6.07, 6.45) is 2.84. The van der Waals surface area contributed by atoms with E-state index in [0.29, 0.717) is 0 Å². The lowest BCUT2D eigenvalue weighted by molar-refractivity contribution is -0.0498. The number of hydrogen-bond donors (Lipinski definition) is 2. The Morgan fingerprint density at radius 2 is 1.84 bits per heavy atom. The second-order valence-electron chi connectivity index (χ2n) is 4.41. The Bertz CT molecular complexity index is 344. The molecule has 108 valence electrons. The van der Waals surface area contributed by atoms with Gasteiger partial charge in [0.2, 0.25) is 0 Å². The number of benzene rings is 1. The summed E-state index contributed by atoms with van der Waals surface area (Å²) in [5.74, 6) is 0.175. The smallest absolute Gasteiger partial charge is 0.387 e. The molecule has 0 aliphatic heterocycles. The third kappa shape index (κ3) is 6.50. The first kappa shape index (κ1) is 15.9. The van der Waals surface area contributed by atoms with Crippen LogP contribution in [-0.4, -0.2) is 24.9 Å².